The molecular formula is C23H27ClFNO. The van der Waals surface area contributed by atoms with Crippen molar-refractivity contribution in [3.05, 3.63) is 77.6 Å². The first-order chi connectivity index (χ1) is 12.6. The Labute approximate surface area is 167 Å². The summed E-state index contributed by atoms with van der Waals surface area (Å²) in [5, 5.41) is 5.96. The molecule has 0 aliphatic rings. The molecule has 0 radical (unpaired) electrons. The van der Waals surface area contributed by atoms with Gasteiger partial charge in [0.15, 0.2) is 0 Å². The molecule has 27 heavy (non-hydrogen) atoms. The van der Waals surface area contributed by atoms with Crippen molar-refractivity contribution in [3.8, 4) is 5.75 Å². The van der Waals surface area contributed by atoms with Gasteiger partial charge in [0.25, 0.3) is 0 Å². The van der Waals surface area contributed by atoms with Gasteiger partial charge in [-0.15, -0.1) is 12.4 Å². The number of nitrogens with one attached hydrogen (secondary N) is 1. The molecule has 0 bridgehead atoms. The van der Waals surface area contributed by atoms with Gasteiger partial charge in [-0.05, 0) is 53.4 Å². The standard InChI is InChI=1S/C23H26FNO.ClH/c1-17(2)13-14-25-15-22-21-6-4-3-5-19(21)9-12-23(22)26-16-18-7-10-20(24)11-8-18;/h3-12,17,25H,13-16H2,1-2H3;1H. The second-order valence-corrected chi connectivity index (χ2v) is 7.04. The number of benzene rings is 3. The molecule has 0 saturated carbocycles. The predicted octanol–water partition coefficient (Wildman–Crippen LogP) is 6.12. The van der Waals surface area contributed by atoms with Gasteiger partial charge in [-0.3, -0.25) is 0 Å². The minimum atomic E-state index is -0.227. The van der Waals surface area contributed by atoms with Crippen LogP contribution in [0.3, 0.4) is 0 Å². The summed E-state index contributed by atoms with van der Waals surface area (Å²) in [6.07, 6.45) is 1.15. The first kappa shape index (κ1) is 21.2. The highest BCUT2D eigenvalue weighted by Gasteiger charge is 2.09. The lowest BCUT2D eigenvalue weighted by Crippen LogP contribution is -2.17. The molecule has 0 aliphatic carbocycles. The number of rotatable bonds is 8. The average molecular weight is 388 g/mol. The van der Waals surface area contributed by atoms with Crippen LogP contribution in [0.4, 0.5) is 4.39 Å². The van der Waals surface area contributed by atoms with Crippen molar-refractivity contribution in [2.45, 2.75) is 33.4 Å². The van der Waals surface area contributed by atoms with Crippen LogP contribution in [0.25, 0.3) is 10.8 Å². The van der Waals surface area contributed by atoms with E-state index in [1.54, 1.807) is 12.1 Å². The lowest BCUT2D eigenvalue weighted by atomic mass is 10.0. The maximum absolute atomic E-state index is 13.1. The molecule has 3 rings (SSSR count). The molecule has 0 atom stereocenters. The molecule has 144 valence electrons. The normalized spacial score (nSPS) is 10.8. The van der Waals surface area contributed by atoms with Crippen LogP contribution in [0.1, 0.15) is 31.4 Å². The van der Waals surface area contributed by atoms with Crippen molar-refractivity contribution < 1.29 is 9.13 Å². The summed E-state index contributed by atoms with van der Waals surface area (Å²) < 4.78 is 19.2. The maximum Gasteiger partial charge on any atom is 0.124 e. The summed E-state index contributed by atoms with van der Waals surface area (Å²) in [7, 11) is 0. The molecule has 3 aromatic rings. The number of ether oxygens (including phenoxy) is 1. The maximum atomic E-state index is 13.1. The van der Waals surface area contributed by atoms with E-state index >= 15 is 0 Å². The minimum absolute atomic E-state index is 0. The van der Waals surface area contributed by atoms with Gasteiger partial charge in [-0.1, -0.05) is 56.3 Å². The largest absolute Gasteiger partial charge is 0.489 e. The zero-order valence-corrected chi connectivity index (χ0v) is 16.7. The average Bonchev–Trinajstić information content (AvgIpc) is 2.65. The Morgan fingerprint density at radius 1 is 0.963 bits per heavy atom. The van der Waals surface area contributed by atoms with Crippen LogP contribution in [0.5, 0.6) is 5.75 Å². The van der Waals surface area contributed by atoms with Gasteiger partial charge in [-0.2, -0.15) is 0 Å². The van der Waals surface area contributed by atoms with Crippen LogP contribution < -0.4 is 10.1 Å². The molecule has 0 saturated heterocycles. The van der Waals surface area contributed by atoms with E-state index in [9.17, 15) is 4.39 Å². The molecule has 0 unspecified atom stereocenters. The molecule has 0 heterocycles. The number of hydrogen-bond acceptors (Lipinski definition) is 2. The van der Waals surface area contributed by atoms with Crippen LogP contribution in [0.2, 0.25) is 0 Å². The third-order valence-corrected chi connectivity index (χ3v) is 4.51. The van der Waals surface area contributed by atoms with Crippen LogP contribution in [-0.2, 0) is 13.2 Å². The fraction of sp³-hybridized carbons (Fsp3) is 0.304. The van der Waals surface area contributed by atoms with Crippen molar-refractivity contribution in [3.63, 3.8) is 0 Å². The molecule has 2 nitrogen and oxygen atoms in total. The monoisotopic (exact) mass is 387 g/mol. The third-order valence-electron chi connectivity index (χ3n) is 4.51. The lowest BCUT2D eigenvalue weighted by molar-refractivity contribution is 0.302. The van der Waals surface area contributed by atoms with Gasteiger partial charge in [0.05, 0.1) is 0 Å². The van der Waals surface area contributed by atoms with Crippen LogP contribution in [0.15, 0.2) is 60.7 Å². The highest BCUT2D eigenvalue weighted by atomic mass is 35.5. The van der Waals surface area contributed by atoms with Gasteiger partial charge in [-0.25, -0.2) is 4.39 Å². The van der Waals surface area contributed by atoms with E-state index in [4.69, 9.17) is 4.74 Å². The molecular weight excluding hydrogens is 361 g/mol. The van der Waals surface area contributed by atoms with Crippen LogP contribution in [0, 0.1) is 11.7 Å². The Balaban J connectivity index is 0.00000261. The molecule has 0 spiro atoms. The SMILES string of the molecule is CC(C)CCNCc1c(OCc2ccc(F)cc2)ccc2ccccc12.Cl. The second kappa shape index (κ2) is 10.3. The molecule has 4 heteroatoms. The van der Waals surface area contributed by atoms with Gasteiger partial charge >= 0.3 is 0 Å². The molecule has 1 N–H and O–H groups in total. The zero-order chi connectivity index (χ0) is 18.4. The predicted molar refractivity (Wildman–Crippen MR) is 113 cm³/mol. The van der Waals surface area contributed by atoms with E-state index < -0.39 is 0 Å². The van der Waals surface area contributed by atoms with Crippen LogP contribution >= 0.6 is 12.4 Å². The smallest absolute Gasteiger partial charge is 0.124 e. The summed E-state index contributed by atoms with van der Waals surface area (Å²) in [4.78, 5) is 0. The highest BCUT2D eigenvalue weighted by molar-refractivity contribution is 5.87. The van der Waals surface area contributed by atoms with Crippen molar-refractivity contribution in [1.82, 2.24) is 5.32 Å². The molecule has 0 fully saturated rings. The first-order valence-corrected chi connectivity index (χ1v) is 9.22. The Hall–Kier alpha value is -2.10. The van der Waals surface area contributed by atoms with Crippen molar-refractivity contribution in [1.29, 1.82) is 0 Å². The van der Waals surface area contributed by atoms with E-state index in [0.717, 1.165) is 30.8 Å². The summed E-state index contributed by atoms with van der Waals surface area (Å²) in [6.45, 7) is 6.65. The Kier molecular flexibility index (Phi) is 8.08. The molecule has 3 aromatic carbocycles. The van der Waals surface area contributed by atoms with Gasteiger partial charge in [0.2, 0.25) is 0 Å². The van der Waals surface area contributed by atoms with Crippen molar-refractivity contribution in [2.24, 2.45) is 5.92 Å². The Morgan fingerprint density at radius 3 is 2.44 bits per heavy atom. The second-order valence-electron chi connectivity index (χ2n) is 7.04. The molecule has 0 aromatic heterocycles. The Morgan fingerprint density at radius 2 is 1.70 bits per heavy atom. The third kappa shape index (κ3) is 5.95. The number of hydrogen-bond donors (Lipinski definition) is 1. The summed E-state index contributed by atoms with van der Waals surface area (Å²) in [5.74, 6) is 1.34. The summed E-state index contributed by atoms with van der Waals surface area (Å²) >= 11 is 0. The highest BCUT2D eigenvalue weighted by Crippen LogP contribution is 2.29. The zero-order valence-electron chi connectivity index (χ0n) is 15.9. The molecule has 0 aliphatic heterocycles. The fourth-order valence-electron chi connectivity index (χ4n) is 2.98. The van der Waals surface area contributed by atoms with E-state index in [0.29, 0.717) is 12.5 Å². The van der Waals surface area contributed by atoms with Crippen molar-refractivity contribution >= 4 is 23.2 Å². The fourth-order valence-corrected chi connectivity index (χ4v) is 2.98. The quantitative estimate of drug-likeness (QED) is 0.470. The number of halogens is 2. The van der Waals surface area contributed by atoms with Gasteiger partial charge < -0.3 is 10.1 Å². The number of fused-ring (bicyclic) bond motifs is 1. The van der Waals surface area contributed by atoms with E-state index in [-0.39, 0.29) is 18.2 Å². The molecule has 0 amide bonds. The van der Waals surface area contributed by atoms with E-state index in [1.807, 2.05) is 6.07 Å². The summed E-state index contributed by atoms with van der Waals surface area (Å²) in [6, 6.07) is 18.9. The van der Waals surface area contributed by atoms with Gasteiger partial charge in [0.1, 0.15) is 18.2 Å². The van der Waals surface area contributed by atoms with E-state index in [1.165, 1.54) is 28.5 Å². The summed E-state index contributed by atoms with van der Waals surface area (Å²) in [5.41, 5.74) is 2.13. The topological polar surface area (TPSA) is 21.3 Å². The van der Waals surface area contributed by atoms with Gasteiger partial charge in [0, 0.05) is 12.1 Å². The van der Waals surface area contributed by atoms with Crippen LogP contribution in [-0.4, -0.2) is 6.54 Å². The lowest BCUT2D eigenvalue weighted by Gasteiger charge is -2.16. The Bertz CT molecular complexity index is 849. The van der Waals surface area contributed by atoms with Crippen molar-refractivity contribution in [2.75, 3.05) is 6.54 Å². The first-order valence-electron chi connectivity index (χ1n) is 9.22. The van der Waals surface area contributed by atoms with E-state index in [2.05, 4.69) is 49.5 Å². The minimum Gasteiger partial charge on any atom is -0.489 e.